The Kier molecular flexibility index (Phi) is 6.68. The Morgan fingerprint density at radius 2 is 1.36 bits per heavy atom. The van der Waals surface area contributed by atoms with E-state index >= 15 is 0 Å². The van der Waals surface area contributed by atoms with E-state index in [9.17, 15) is 52.5 Å². The first kappa shape index (κ1) is 24.8. The average Bonchev–Trinajstić information content (AvgIpc) is 2.49. The lowest BCUT2D eigenvalue weighted by Gasteiger charge is -2.34. The van der Waals surface area contributed by atoms with Crippen LogP contribution < -0.4 is 0 Å². The molecule has 0 fully saturated rings. The Labute approximate surface area is 155 Å². The highest BCUT2D eigenvalue weighted by Crippen LogP contribution is 2.54. The van der Waals surface area contributed by atoms with Crippen molar-refractivity contribution in [1.82, 2.24) is 0 Å². The second kappa shape index (κ2) is 7.54. The van der Waals surface area contributed by atoms with Crippen molar-refractivity contribution in [2.75, 3.05) is 0 Å². The third-order valence-corrected chi connectivity index (χ3v) is 5.31. The maximum Gasteiger partial charge on any atom is 0.460 e. The Hall–Kier alpha value is -1.24. The fourth-order valence-corrected chi connectivity index (χ4v) is 3.07. The summed E-state index contributed by atoms with van der Waals surface area (Å²) in [7, 11) is -4.63. The fourth-order valence-electron chi connectivity index (χ4n) is 2.53. The molecule has 28 heavy (non-hydrogen) atoms. The van der Waals surface area contributed by atoms with Gasteiger partial charge in [0.15, 0.2) is 0 Å². The molecule has 0 unspecified atom stereocenters. The number of alkyl halides is 9. The van der Waals surface area contributed by atoms with Gasteiger partial charge in [0.2, 0.25) is 0 Å². The molecule has 164 valence electrons. The lowest BCUT2D eigenvalue weighted by molar-refractivity contribution is -0.396. The summed E-state index contributed by atoms with van der Waals surface area (Å²) in [5.41, 5.74) is -0.922. The number of hydrogen-bond donors (Lipinski definition) is 0. The Morgan fingerprint density at radius 1 is 0.893 bits per heavy atom. The minimum atomic E-state index is -6.90. The molecule has 0 spiro atoms. The van der Waals surface area contributed by atoms with E-state index in [-0.39, 0.29) is 12.8 Å². The molecule has 0 amide bonds. The van der Waals surface area contributed by atoms with Crippen molar-refractivity contribution in [3.63, 3.8) is 0 Å². The number of halogens is 9. The van der Waals surface area contributed by atoms with Crippen molar-refractivity contribution >= 4 is 10.1 Å². The molecular weight excluding hydrogens is 431 g/mol. The predicted molar refractivity (Wildman–Crippen MR) is 79.2 cm³/mol. The molecule has 3 nitrogen and oxygen atoms in total. The first-order valence-corrected chi connectivity index (χ1v) is 9.28. The van der Waals surface area contributed by atoms with Crippen molar-refractivity contribution < 1.29 is 52.5 Å². The molecule has 0 aromatic heterocycles. The number of rotatable bonds is 8. The summed E-state index contributed by atoms with van der Waals surface area (Å²) in [5.74, 6) is -19.1. The minimum Gasteiger partial charge on any atom is -0.747 e. The third kappa shape index (κ3) is 5.02. The van der Waals surface area contributed by atoms with E-state index in [1.807, 2.05) is 0 Å². The van der Waals surface area contributed by atoms with Gasteiger partial charge in [-0.15, -0.1) is 0 Å². The summed E-state index contributed by atoms with van der Waals surface area (Å²) < 4.78 is 147. The monoisotopic (exact) mass is 447 g/mol. The second-order valence-corrected chi connectivity index (χ2v) is 8.27. The van der Waals surface area contributed by atoms with E-state index in [4.69, 9.17) is 0 Å². The summed E-state index contributed by atoms with van der Waals surface area (Å²) in [6.45, 7) is 1.50. The molecule has 1 rings (SSSR count). The highest BCUT2D eigenvalue weighted by Gasteiger charge is 2.81. The van der Waals surface area contributed by atoms with Crippen LogP contribution in [0.3, 0.4) is 0 Å². The lowest BCUT2D eigenvalue weighted by Crippen LogP contribution is -2.60. The van der Waals surface area contributed by atoms with E-state index in [0.29, 0.717) is 0 Å². The molecule has 0 saturated carbocycles. The van der Waals surface area contributed by atoms with E-state index in [2.05, 4.69) is 0 Å². The molecule has 13 heteroatoms. The van der Waals surface area contributed by atoms with Crippen LogP contribution in [-0.2, 0) is 10.1 Å². The van der Waals surface area contributed by atoms with Crippen LogP contribution in [0.1, 0.15) is 32.6 Å². The van der Waals surface area contributed by atoms with Crippen molar-refractivity contribution in [3.05, 3.63) is 24.3 Å². The molecule has 0 aromatic carbocycles. The van der Waals surface area contributed by atoms with E-state index in [1.165, 1.54) is 19.1 Å². The molecule has 1 aliphatic carbocycles. The maximum atomic E-state index is 13.4. The zero-order valence-corrected chi connectivity index (χ0v) is 15.1. The van der Waals surface area contributed by atoms with E-state index < -0.39 is 57.6 Å². The summed E-state index contributed by atoms with van der Waals surface area (Å²) in [6, 6.07) is 0. The Balaban J connectivity index is 2.70. The van der Waals surface area contributed by atoms with Gasteiger partial charge in [-0.3, -0.25) is 0 Å². The van der Waals surface area contributed by atoms with Crippen LogP contribution in [0.4, 0.5) is 39.5 Å². The molecule has 0 bridgehead atoms. The largest absolute Gasteiger partial charge is 0.747 e. The number of allylic oxidation sites excluding steroid dienone is 2. The van der Waals surface area contributed by atoms with Crippen LogP contribution in [0.2, 0.25) is 0 Å². The molecule has 0 aromatic rings. The number of hydrogen-bond acceptors (Lipinski definition) is 3. The minimum absolute atomic E-state index is 0.0249. The van der Waals surface area contributed by atoms with Crippen LogP contribution >= 0.6 is 0 Å². The summed E-state index contributed by atoms with van der Waals surface area (Å²) in [6.07, 6.45) is -5.15. The Morgan fingerprint density at radius 3 is 1.75 bits per heavy atom. The van der Waals surface area contributed by atoms with Gasteiger partial charge in [0, 0.05) is 11.8 Å². The fraction of sp³-hybridized carbons (Fsp3) is 0.733. The average molecular weight is 447 g/mol. The molecule has 0 heterocycles. The molecule has 0 saturated heterocycles. The standard InChI is InChI=1S/C15H17F9O3S/c1-11(8-4-10(5-9-11)28(25,26)27)6-2-3-7-12(16,17)13(18,19)14(20,21)15(22,23)24/h4-5,8-10H,2-3,6-7H2,1H3,(H,25,26,27)/p-1. The zero-order valence-electron chi connectivity index (χ0n) is 14.2. The van der Waals surface area contributed by atoms with Gasteiger partial charge in [-0.2, -0.15) is 39.5 Å². The second-order valence-electron chi connectivity index (χ2n) is 6.74. The van der Waals surface area contributed by atoms with Crippen LogP contribution in [0.15, 0.2) is 24.3 Å². The molecule has 0 aliphatic heterocycles. The highest BCUT2D eigenvalue weighted by molar-refractivity contribution is 7.86. The van der Waals surface area contributed by atoms with Crippen molar-refractivity contribution in [2.24, 2.45) is 5.41 Å². The Bertz CT molecular complexity index is 710. The van der Waals surface area contributed by atoms with Crippen LogP contribution in [-0.4, -0.2) is 42.2 Å². The SMILES string of the molecule is CC1(CCCCC(F)(F)C(F)(F)C(F)(F)C(F)(F)F)C=CC(S(=O)(=O)[O-])C=C1. The normalized spacial score (nSPS) is 24.6. The van der Waals surface area contributed by atoms with E-state index in [0.717, 1.165) is 12.2 Å². The topological polar surface area (TPSA) is 57.2 Å². The quantitative estimate of drug-likeness (QED) is 0.226. The lowest BCUT2D eigenvalue weighted by atomic mass is 9.81. The summed E-state index contributed by atoms with van der Waals surface area (Å²) in [5, 5.41) is -1.42. The molecule has 1 aliphatic rings. The van der Waals surface area contributed by atoms with Gasteiger partial charge in [-0.1, -0.05) is 37.6 Å². The smallest absolute Gasteiger partial charge is 0.460 e. The molecule has 0 atom stereocenters. The molecule has 0 N–H and O–H groups in total. The number of unbranched alkanes of at least 4 members (excludes halogenated alkanes) is 1. The van der Waals surface area contributed by atoms with Crippen LogP contribution in [0.25, 0.3) is 0 Å². The van der Waals surface area contributed by atoms with Gasteiger partial charge in [0.1, 0.15) is 10.1 Å². The van der Waals surface area contributed by atoms with Gasteiger partial charge in [0.25, 0.3) is 0 Å². The van der Waals surface area contributed by atoms with Gasteiger partial charge in [-0.25, -0.2) is 8.42 Å². The maximum absolute atomic E-state index is 13.4. The third-order valence-electron chi connectivity index (χ3n) is 4.33. The summed E-state index contributed by atoms with van der Waals surface area (Å²) >= 11 is 0. The highest BCUT2D eigenvalue weighted by atomic mass is 32.2. The molecule has 0 radical (unpaired) electrons. The van der Waals surface area contributed by atoms with Gasteiger partial charge >= 0.3 is 23.9 Å². The van der Waals surface area contributed by atoms with Crippen LogP contribution in [0, 0.1) is 5.41 Å². The van der Waals surface area contributed by atoms with Gasteiger partial charge < -0.3 is 4.55 Å². The predicted octanol–water partition coefficient (Wildman–Crippen LogP) is 5.06. The summed E-state index contributed by atoms with van der Waals surface area (Å²) in [4.78, 5) is 0. The van der Waals surface area contributed by atoms with Gasteiger partial charge in [-0.05, 0) is 12.8 Å². The first-order chi connectivity index (χ1) is 12.3. The zero-order chi connectivity index (χ0) is 22.2. The van der Waals surface area contributed by atoms with Gasteiger partial charge in [0.05, 0.1) is 5.25 Å². The van der Waals surface area contributed by atoms with Crippen molar-refractivity contribution in [1.29, 1.82) is 0 Å². The van der Waals surface area contributed by atoms with Crippen molar-refractivity contribution in [3.8, 4) is 0 Å². The molecular formula is C15H16F9O3S-. The first-order valence-electron chi connectivity index (χ1n) is 7.80. The van der Waals surface area contributed by atoms with Crippen LogP contribution in [0.5, 0.6) is 0 Å². The van der Waals surface area contributed by atoms with Crippen molar-refractivity contribution in [2.45, 2.75) is 61.8 Å². The van der Waals surface area contributed by atoms with E-state index in [1.54, 1.807) is 0 Å².